The molecule has 9 nitrogen and oxygen atoms in total. The second-order valence-corrected chi connectivity index (χ2v) is 8.13. The SMILES string of the molecule is COc1ccc(NC(=O)[C@H](Cc2ccccc2)NC(=O)[C@H](CC(C)C)C(O)C(=O)NO)cc1. The molecular formula is C24H31N3O6. The number of aliphatic hydroxyl groups excluding tert-OH is 1. The highest BCUT2D eigenvalue weighted by atomic mass is 16.5. The van der Waals surface area contributed by atoms with Crippen LogP contribution in [0.3, 0.4) is 0 Å². The minimum absolute atomic E-state index is 0.0254. The maximum absolute atomic E-state index is 13.1. The van der Waals surface area contributed by atoms with E-state index in [4.69, 9.17) is 9.94 Å². The molecule has 2 aromatic carbocycles. The van der Waals surface area contributed by atoms with E-state index in [1.807, 2.05) is 44.2 Å². The van der Waals surface area contributed by atoms with Crippen LogP contribution >= 0.6 is 0 Å². The fourth-order valence-corrected chi connectivity index (χ4v) is 3.38. The number of hydrogen-bond donors (Lipinski definition) is 5. The third kappa shape index (κ3) is 7.89. The Morgan fingerprint density at radius 3 is 2.12 bits per heavy atom. The first-order valence-corrected chi connectivity index (χ1v) is 10.7. The van der Waals surface area contributed by atoms with Gasteiger partial charge < -0.3 is 20.5 Å². The van der Waals surface area contributed by atoms with Crippen molar-refractivity contribution in [2.75, 3.05) is 12.4 Å². The first kappa shape index (κ1) is 25.8. The highest BCUT2D eigenvalue weighted by Crippen LogP contribution is 2.19. The van der Waals surface area contributed by atoms with Gasteiger partial charge in [-0.05, 0) is 42.2 Å². The molecule has 1 unspecified atom stereocenters. The predicted octanol–water partition coefficient (Wildman–Crippen LogP) is 1.89. The molecule has 9 heteroatoms. The number of carbonyl (C=O) groups excluding carboxylic acids is 3. The number of nitrogens with one attached hydrogen (secondary N) is 3. The number of aliphatic hydroxyl groups is 1. The van der Waals surface area contributed by atoms with E-state index in [1.54, 1.807) is 24.3 Å². The Morgan fingerprint density at radius 1 is 0.939 bits per heavy atom. The lowest BCUT2D eigenvalue weighted by Crippen LogP contribution is -2.51. The molecule has 0 aliphatic rings. The van der Waals surface area contributed by atoms with Gasteiger partial charge in [0.1, 0.15) is 17.9 Å². The van der Waals surface area contributed by atoms with E-state index in [-0.39, 0.29) is 18.8 Å². The number of hydrogen-bond acceptors (Lipinski definition) is 6. The van der Waals surface area contributed by atoms with E-state index in [2.05, 4.69) is 10.6 Å². The van der Waals surface area contributed by atoms with Crippen LogP contribution in [0.2, 0.25) is 0 Å². The second kappa shape index (κ2) is 12.6. The monoisotopic (exact) mass is 457 g/mol. The molecule has 0 heterocycles. The topological polar surface area (TPSA) is 137 Å². The summed E-state index contributed by atoms with van der Waals surface area (Å²) in [5.41, 5.74) is 2.71. The molecule has 0 saturated carbocycles. The number of carbonyl (C=O) groups is 3. The van der Waals surface area contributed by atoms with E-state index < -0.39 is 35.8 Å². The summed E-state index contributed by atoms with van der Waals surface area (Å²) in [6.45, 7) is 3.67. The smallest absolute Gasteiger partial charge is 0.272 e. The van der Waals surface area contributed by atoms with E-state index >= 15 is 0 Å². The van der Waals surface area contributed by atoms with Crippen molar-refractivity contribution in [2.45, 2.75) is 38.8 Å². The molecule has 0 aliphatic heterocycles. The highest BCUT2D eigenvalue weighted by Gasteiger charge is 2.34. The molecule has 178 valence electrons. The van der Waals surface area contributed by atoms with Crippen LogP contribution in [-0.2, 0) is 20.8 Å². The van der Waals surface area contributed by atoms with Crippen LogP contribution < -0.4 is 20.9 Å². The van der Waals surface area contributed by atoms with Crippen LogP contribution in [0.1, 0.15) is 25.8 Å². The van der Waals surface area contributed by atoms with Crippen LogP contribution in [0.25, 0.3) is 0 Å². The van der Waals surface area contributed by atoms with Crippen molar-refractivity contribution < 1.29 is 29.4 Å². The minimum Gasteiger partial charge on any atom is -0.497 e. The summed E-state index contributed by atoms with van der Waals surface area (Å²) < 4.78 is 5.12. The minimum atomic E-state index is -1.76. The van der Waals surface area contributed by atoms with Gasteiger partial charge >= 0.3 is 0 Å². The number of hydroxylamine groups is 1. The van der Waals surface area contributed by atoms with Gasteiger partial charge in [-0.2, -0.15) is 0 Å². The van der Waals surface area contributed by atoms with Gasteiger partial charge in [-0.15, -0.1) is 0 Å². The summed E-state index contributed by atoms with van der Waals surface area (Å²) in [7, 11) is 1.54. The standard InChI is InChI=1S/C24H31N3O6/c1-15(2)13-19(21(28)24(31)27-32)22(29)26-20(14-16-7-5-4-6-8-16)23(30)25-17-9-11-18(33-3)12-10-17/h4-12,15,19-21,28,32H,13-14H2,1-3H3,(H,25,30)(H,26,29)(H,27,31)/t19-,20+,21?/m1/s1. The van der Waals surface area contributed by atoms with Crippen LogP contribution in [0.15, 0.2) is 54.6 Å². The van der Waals surface area contributed by atoms with Gasteiger partial charge in [0.2, 0.25) is 11.8 Å². The van der Waals surface area contributed by atoms with E-state index in [9.17, 15) is 19.5 Å². The zero-order valence-corrected chi connectivity index (χ0v) is 18.9. The average molecular weight is 458 g/mol. The van der Waals surface area contributed by atoms with Crippen LogP contribution in [0.4, 0.5) is 5.69 Å². The average Bonchev–Trinajstić information content (AvgIpc) is 2.82. The van der Waals surface area contributed by atoms with Gasteiger partial charge in [-0.25, -0.2) is 5.48 Å². The molecule has 0 bridgehead atoms. The number of benzene rings is 2. The Hall–Kier alpha value is -3.43. The van der Waals surface area contributed by atoms with E-state index in [0.717, 1.165) is 5.56 Å². The lowest BCUT2D eigenvalue weighted by Gasteiger charge is -2.25. The first-order chi connectivity index (χ1) is 15.7. The molecule has 2 aromatic rings. The maximum atomic E-state index is 13.1. The summed E-state index contributed by atoms with van der Waals surface area (Å²) >= 11 is 0. The molecule has 33 heavy (non-hydrogen) atoms. The van der Waals surface area contributed by atoms with Gasteiger partial charge in [0, 0.05) is 12.1 Å². The van der Waals surface area contributed by atoms with Crippen molar-refractivity contribution in [2.24, 2.45) is 11.8 Å². The Balaban J connectivity index is 2.24. The van der Waals surface area contributed by atoms with Crippen molar-refractivity contribution in [3.8, 4) is 5.75 Å². The number of rotatable bonds is 11. The van der Waals surface area contributed by atoms with Crippen molar-refractivity contribution in [3.63, 3.8) is 0 Å². The van der Waals surface area contributed by atoms with Gasteiger partial charge in [0.15, 0.2) is 0 Å². The van der Waals surface area contributed by atoms with Gasteiger partial charge in [-0.3, -0.25) is 19.6 Å². The zero-order valence-electron chi connectivity index (χ0n) is 18.9. The first-order valence-electron chi connectivity index (χ1n) is 10.7. The van der Waals surface area contributed by atoms with Gasteiger partial charge in [-0.1, -0.05) is 44.2 Å². The second-order valence-electron chi connectivity index (χ2n) is 8.13. The fourth-order valence-electron chi connectivity index (χ4n) is 3.38. The lowest BCUT2D eigenvalue weighted by molar-refractivity contribution is -0.147. The molecular weight excluding hydrogens is 426 g/mol. The third-order valence-corrected chi connectivity index (χ3v) is 5.10. The summed E-state index contributed by atoms with van der Waals surface area (Å²) in [5, 5.41) is 24.6. The third-order valence-electron chi connectivity index (χ3n) is 5.10. The normalized spacial score (nSPS) is 13.5. The van der Waals surface area contributed by atoms with Gasteiger partial charge in [0.05, 0.1) is 13.0 Å². The van der Waals surface area contributed by atoms with E-state index in [0.29, 0.717) is 11.4 Å². The Bertz CT molecular complexity index is 918. The summed E-state index contributed by atoms with van der Waals surface area (Å²) in [6.07, 6.45) is -1.39. The molecule has 2 rings (SSSR count). The zero-order chi connectivity index (χ0) is 24.4. The maximum Gasteiger partial charge on any atom is 0.272 e. The molecule has 0 aromatic heterocycles. The van der Waals surface area contributed by atoms with Crippen LogP contribution in [-0.4, -0.2) is 47.3 Å². The van der Waals surface area contributed by atoms with Crippen molar-refractivity contribution >= 4 is 23.4 Å². The quantitative estimate of drug-likeness (QED) is 0.258. The fraction of sp³-hybridized carbons (Fsp3) is 0.375. The summed E-state index contributed by atoms with van der Waals surface area (Å²) in [6, 6.07) is 14.9. The largest absolute Gasteiger partial charge is 0.497 e. The number of ether oxygens (including phenoxy) is 1. The Morgan fingerprint density at radius 2 is 1.58 bits per heavy atom. The highest BCUT2D eigenvalue weighted by molar-refractivity contribution is 5.98. The van der Waals surface area contributed by atoms with Crippen molar-refractivity contribution in [1.82, 2.24) is 10.8 Å². The van der Waals surface area contributed by atoms with Crippen LogP contribution in [0, 0.1) is 11.8 Å². The van der Waals surface area contributed by atoms with Crippen LogP contribution in [0.5, 0.6) is 5.75 Å². The Labute approximate surface area is 193 Å². The Kier molecular flexibility index (Phi) is 9.84. The van der Waals surface area contributed by atoms with E-state index in [1.165, 1.54) is 12.6 Å². The molecule has 3 atom stereocenters. The van der Waals surface area contributed by atoms with Crippen molar-refractivity contribution in [1.29, 1.82) is 0 Å². The number of methoxy groups -OCH3 is 1. The molecule has 0 saturated heterocycles. The molecule has 0 aliphatic carbocycles. The number of amides is 3. The molecule has 0 radical (unpaired) electrons. The summed E-state index contributed by atoms with van der Waals surface area (Å²) in [4.78, 5) is 37.9. The molecule has 3 amide bonds. The summed E-state index contributed by atoms with van der Waals surface area (Å²) in [5.74, 6) is -2.74. The lowest BCUT2D eigenvalue weighted by atomic mass is 9.90. The van der Waals surface area contributed by atoms with Gasteiger partial charge in [0.25, 0.3) is 5.91 Å². The molecule has 5 N–H and O–H groups in total. The molecule has 0 fully saturated rings. The number of anilines is 1. The predicted molar refractivity (Wildman–Crippen MR) is 123 cm³/mol. The van der Waals surface area contributed by atoms with Crippen molar-refractivity contribution in [3.05, 3.63) is 60.2 Å². The molecule has 0 spiro atoms.